The Morgan fingerprint density at radius 3 is 2.50 bits per heavy atom. The van der Waals surface area contributed by atoms with Crippen molar-refractivity contribution in [2.45, 2.75) is 33.2 Å². The molecule has 2 nitrogen and oxygen atoms in total. The first-order valence-electron chi connectivity index (χ1n) is 6.41. The van der Waals surface area contributed by atoms with E-state index in [0.717, 1.165) is 24.4 Å². The normalized spacial score (nSPS) is 12.6. The van der Waals surface area contributed by atoms with Gasteiger partial charge >= 0.3 is 0 Å². The minimum atomic E-state index is 0.289. The fourth-order valence-corrected chi connectivity index (χ4v) is 2.88. The number of aryl methyl sites for hydroxylation is 2. The third-order valence-corrected chi connectivity index (χ3v) is 3.61. The molecule has 0 aliphatic rings. The minimum absolute atomic E-state index is 0.289. The minimum Gasteiger partial charge on any atom is -0.306 e. The monoisotopic (exact) mass is 260 g/mol. The standard InChI is InChI=1S/C15H20N2S/c1-4-6-16-15(13-5-7-18-10-13)14-8-11(2)17-12(3)9-14/h5,7-10,15-16H,4,6H2,1-3H3. The van der Waals surface area contributed by atoms with Gasteiger partial charge in [-0.15, -0.1) is 0 Å². The predicted octanol–water partition coefficient (Wildman–Crippen LogP) is 3.85. The Balaban J connectivity index is 2.33. The molecule has 1 unspecified atom stereocenters. The summed E-state index contributed by atoms with van der Waals surface area (Å²) in [6.45, 7) is 7.34. The number of rotatable bonds is 5. The lowest BCUT2D eigenvalue weighted by atomic mass is 10.0. The number of thiophene rings is 1. The van der Waals surface area contributed by atoms with E-state index >= 15 is 0 Å². The molecule has 0 aromatic carbocycles. The van der Waals surface area contributed by atoms with Crippen molar-refractivity contribution >= 4 is 11.3 Å². The molecule has 2 aromatic rings. The molecule has 0 fully saturated rings. The quantitative estimate of drug-likeness (QED) is 0.883. The van der Waals surface area contributed by atoms with E-state index in [1.54, 1.807) is 11.3 Å². The van der Waals surface area contributed by atoms with Crippen LogP contribution in [0.4, 0.5) is 0 Å². The summed E-state index contributed by atoms with van der Waals surface area (Å²) in [5.74, 6) is 0. The van der Waals surface area contributed by atoms with Crippen molar-refractivity contribution in [3.63, 3.8) is 0 Å². The zero-order valence-corrected chi connectivity index (χ0v) is 12.1. The molecule has 0 aliphatic carbocycles. The van der Waals surface area contributed by atoms with Crippen LogP contribution in [0.15, 0.2) is 29.0 Å². The van der Waals surface area contributed by atoms with Crippen LogP contribution in [-0.4, -0.2) is 11.5 Å². The van der Waals surface area contributed by atoms with Crippen LogP contribution in [0.5, 0.6) is 0 Å². The van der Waals surface area contributed by atoms with Gasteiger partial charge in [-0.3, -0.25) is 4.98 Å². The summed E-state index contributed by atoms with van der Waals surface area (Å²) in [5, 5.41) is 7.98. The van der Waals surface area contributed by atoms with Crippen molar-refractivity contribution in [3.05, 3.63) is 51.5 Å². The fourth-order valence-electron chi connectivity index (χ4n) is 2.19. The van der Waals surface area contributed by atoms with Crippen LogP contribution in [0.25, 0.3) is 0 Å². The number of hydrogen-bond acceptors (Lipinski definition) is 3. The van der Waals surface area contributed by atoms with Crippen LogP contribution >= 0.6 is 11.3 Å². The van der Waals surface area contributed by atoms with Gasteiger partial charge in [-0.2, -0.15) is 11.3 Å². The zero-order valence-electron chi connectivity index (χ0n) is 11.2. The first-order valence-corrected chi connectivity index (χ1v) is 7.35. The third-order valence-electron chi connectivity index (χ3n) is 2.91. The molecule has 0 saturated carbocycles. The topological polar surface area (TPSA) is 24.9 Å². The summed E-state index contributed by atoms with van der Waals surface area (Å²) >= 11 is 1.75. The smallest absolute Gasteiger partial charge is 0.0586 e. The van der Waals surface area contributed by atoms with Gasteiger partial charge in [0, 0.05) is 11.4 Å². The molecule has 1 N–H and O–H groups in total. The van der Waals surface area contributed by atoms with Gasteiger partial charge in [-0.1, -0.05) is 6.92 Å². The van der Waals surface area contributed by atoms with Crippen molar-refractivity contribution in [1.29, 1.82) is 0 Å². The van der Waals surface area contributed by atoms with E-state index in [4.69, 9.17) is 0 Å². The maximum atomic E-state index is 4.45. The van der Waals surface area contributed by atoms with Crippen molar-refractivity contribution in [2.24, 2.45) is 0 Å². The number of nitrogens with one attached hydrogen (secondary N) is 1. The Bertz CT molecular complexity index is 471. The van der Waals surface area contributed by atoms with Gasteiger partial charge in [0.15, 0.2) is 0 Å². The summed E-state index contributed by atoms with van der Waals surface area (Å²) < 4.78 is 0. The summed E-state index contributed by atoms with van der Waals surface area (Å²) in [7, 11) is 0. The molecular formula is C15H20N2S. The maximum absolute atomic E-state index is 4.45. The van der Waals surface area contributed by atoms with E-state index in [2.05, 4.69) is 60.0 Å². The van der Waals surface area contributed by atoms with E-state index in [0.29, 0.717) is 0 Å². The largest absolute Gasteiger partial charge is 0.306 e. The third kappa shape index (κ3) is 3.18. The van der Waals surface area contributed by atoms with Crippen molar-refractivity contribution < 1.29 is 0 Å². The van der Waals surface area contributed by atoms with Gasteiger partial charge in [0.1, 0.15) is 0 Å². The van der Waals surface area contributed by atoms with Gasteiger partial charge in [0.05, 0.1) is 6.04 Å². The lowest BCUT2D eigenvalue weighted by Crippen LogP contribution is -2.23. The van der Waals surface area contributed by atoms with Crippen molar-refractivity contribution in [1.82, 2.24) is 10.3 Å². The van der Waals surface area contributed by atoms with E-state index in [1.807, 2.05) is 0 Å². The summed E-state index contributed by atoms with van der Waals surface area (Å²) in [5.41, 5.74) is 4.83. The fraction of sp³-hybridized carbons (Fsp3) is 0.400. The lowest BCUT2D eigenvalue weighted by Gasteiger charge is -2.19. The van der Waals surface area contributed by atoms with Crippen molar-refractivity contribution in [3.8, 4) is 0 Å². The van der Waals surface area contributed by atoms with E-state index in [1.165, 1.54) is 11.1 Å². The SMILES string of the molecule is CCCNC(c1ccsc1)c1cc(C)nc(C)c1. The lowest BCUT2D eigenvalue weighted by molar-refractivity contribution is 0.598. The summed E-state index contributed by atoms with van der Waals surface area (Å²) in [6.07, 6.45) is 1.14. The van der Waals surface area contributed by atoms with Gasteiger partial charge < -0.3 is 5.32 Å². The highest BCUT2D eigenvalue weighted by molar-refractivity contribution is 7.08. The average Bonchev–Trinajstić information content (AvgIpc) is 2.82. The van der Waals surface area contributed by atoms with E-state index in [-0.39, 0.29) is 6.04 Å². The molecule has 2 rings (SSSR count). The molecule has 18 heavy (non-hydrogen) atoms. The molecule has 2 aromatic heterocycles. The Kier molecular flexibility index (Phi) is 4.50. The molecule has 0 radical (unpaired) electrons. The second-order valence-electron chi connectivity index (χ2n) is 4.63. The molecule has 0 amide bonds. The highest BCUT2D eigenvalue weighted by Gasteiger charge is 2.14. The number of nitrogens with zero attached hydrogens (tertiary/aromatic N) is 1. The Morgan fingerprint density at radius 1 is 1.22 bits per heavy atom. The van der Waals surface area contributed by atoms with Gasteiger partial charge in [0.25, 0.3) is 0 Å². The number of hydrogen-bond donors (Lipinski definition) is 1. The Labute approximate surface area is 113 Å². The highest BCUT2D eigenvalue weighted by atomic mass is 32.1. The molecule has 2 heterocycles. The molecule has 3 heteroatoms. The summed E-state index contributed by atoms with van der Waals surface area (Å²) in [4.78, 5) is 4.45. The van der Waals surface area contributed by atoms with Crippen LogP contribution in [0.1, 0.15) is 41.9 Å². The maximum Gasteiger partial charge on any atom is 0.0586 e. The molecule has 0 aliphatic heterocycles. The first kappa shape index (κ1) is 13.2. The van der Waals surface area contributed by atoms with Gasteiger partial charge in [-0.25, -0.2) is 0 Å². The molecule has 0 spiro atoms. The highest BCUT2D eigenvalue weighted by Crippen LogP contribution is 2.25. The van der Waals surface area contributed by atoms with E-state index < -0.39 is 0 Å². The number of pyridine rings is 1. The van der Waals surface area contributed by atoms with Gasteiger partial charge in [-0.05, 0) is 66.9 Å². The van der Waals surface area contributed by atoms with Crippen LogP contribution in [0, 0.1) is 13.8 Å². The van der Waals surface area contributed by atoms with Crippen LogP contribution in [0.2, 0.25) is 0 Å². The van der Waals surface area contributed by atoms with Crippen LogP contribution < -0.4 is 5.32 Å². The zero-order chi connectivity index (χ0) is 13.0. The van der Waals surface area contributed by atoms with E-state index in [9.17, 15) is 0 Å². The molecule has 0 bridgehead atoms. The Morgan fingerprint density at radius 2 is 1.94 bits per heavy atom. The van der Waals surface area contributed by atoms with Crippen LogP contribution in [-0.2, 0) is 0 Å². The predicted molar refractivity (Wildman–Crippen MR) is 78.2 cm³/mol. The average molecular weight is 260 g/mol. The molecule has 0 saturated heterocycles. The molecular weight excluding hydrogens is 240 g/mol. The first-order chi connectivity index (χ1) is 8.70. The van der Waals surface area contributed by atoms with Gasteiger partial charge in [0.2, 0.25) is 0 Å². The summed E-state index contributed by atoms with van der Waals surface area (Å²) in [6, 6.07) is 6.84. The number of aromatic nitrogens is 1. The van der Waals surface area contributed by atoms with Crippen molar-refractivity contribution in [2.75, 3.05) is 6.54 Å². The molecule has 96 valence electrons. The second kappa shape index (κ2) is 6.12. The van der Waals surface area contributed by atoms with Crippen LogP contribution in [0.3, 0.4) is 0 Å². The second-order valence-corrected chi connectivity index (χ2v) is 5.41. The Hall–Kier alpha value is -1.19. The molecule has 1 atom stereocenters.